The molecule has 1 N–H and O–H groups in total. The molecule has 0 atom stereocenters. The van der Waals surface area contributed by atoms with Crippen LogP contribution in [0.1, 0.15) is 16.1 Å². The van der Waals surface area contributed by atoms with Gasteiger partial charge in [-0.3, -0.25) is 4.79 Å². The first kappa shape index (κ1) is 13.0. The molecule has 2 aromatic rings. The van der Waals surface area contributed by atoms with Gasteiger partial charge in [0, 0.05) is 16.9 Å². The number of aryl methyl sites for hydroxylation is 1. The van der Waals surface area contributed by atoms with Gasteiger partial charge in [0.05, 0.1) is 5.69 Å². The Kier molecular flexibility index (Phi) is 3.93. The van der Waals surface area contributed by atoms with E-state index >= 15 is 0 Å². The second-order valence-electron chi connectivity index (χ2n) is 3.61. The molecule has 0 aliphatic rings. The Balaban J connectivity index is 2.24. The third-order valence-electron chi connectivity index (χ3n) is 2.31. The van der Waals surface area contributed by atoms with E-state index in [2.05, 4.69) is 31.2 Å². The quantitative estimate of drug-likeness (QED) is 0.860. The van der Waals surface area contributed by atoms with Crippen molar-refractivity contribution in [3.63, 3.8) is 0 Å². The summed E-state index contributed by atoms with van der Waals surface area (Å²) in [6, 6.07) is 5.15. The van der Waals surface area contributed by atoms with Crippen molar-refractivity contribution in [1.82, 2.24) is 9.97 Å². The van der Waals surface area contributed by atoms with E-state index in [1.807, 2.05) is 6.92 Å². The van der Waals surface area contributed by atoms with Gasteiger partial charge in [-0.05, 0) is 46.6 Å². The molecule has 0 bridgehead atoms. The van der Waals surface area contributed by atoms with Crippen molar-refractivity contribution >= 4 is 39.1 Å². The summed E-state index contributed by atoms with van der Waals surface area (Å²) in [5, 5.41) is 2.97. The van der Waals surface area contributed by atoms with E-state index in [9.17, 15) is 4.79 Å². The van der Waals surface area contributed by atoms with Crippen molar-refractivity contribution in [3.05, 3.63) is 51.5 Å². The highest BCUT2D eigenvalue weighted by atomic mass is 79.9. The molecular formula is C12H9BrClN3O. The van der Waals surface area contributed by atoms with Gasteiger partial charge in [0.15, 0.2) is 5.15 Å². The number of anilines is 1. The Morgan fingerprint density at radius 2 is 2.11 bits per heavy atom. The van der Waals surface area contributed by atoms with Gasteiger partial charge in [-0.15, -0.1) is 0 Å². The monoisotopic (exact) mass is 325 g/mol. The number of nitrogens with one attached hydrogen (secondary N) is 1. The largest absolute Gasteiger partial charge is 0.318 e. The van der Waals surface area contributed by atoms with Gasteiger partial charge in [0.1, 0.15) is 5.69 Å². The molecule has 0 unspecified atom stereocenters. The lowest BCUT2D eigenvalue weighted by atomic mass is 10.2. The molecule has 0 radical (unpaired) electrons. The highest BCUT2D eigenvalue weighted by Gasteiger charge is 2.12. The van der Waals surface area contributed by atoms with Crippen LogP contribution in [0.5, 0.6) is 0 Å². The van der Waals surface area contributed by atoms with Crippen molar-refractivity contribution in [1.29, 1.82) is 0 Å². The fraction of sp³-hybridized carbons (Fsp3) is 0.0833. The summed E-state index contributed by atoms with van der Waals surface area (Å²) < 4.78 is 0.814. The second kappa shape index (κ2) is 5.46. The number of carbonyl (C=O) groups is 1. The summed E-state index contributed by atoms with van der Waals surface area (Å²) in [5.41, 5.74) is 1.67. The van der Waals surface area contributed by atoms with E-state index in [-0.39, 0.29) is 11.1 Å². The molecule has 2 rings (SSSR count). The summed E-state index contributed by atoms with van der Waals surface area (Å²) in [4.78, 5) is 19.9. The van der Waals surface area contributed by atoms with Gasteiger partial charge in [-0.1, -0.05) is 11.6 Å². The number of rotatable bonds is 2. The molecule has 0 aliphatic heterocycles. The molecule has 4 nitrogen and oxygen atoms in total. The Morgan fingerprint density at radius 3 is 2.72 bits per heavy atom. The van der Waals surface area contributed by atoms with E-state index in [1.54, 1.807) is 30.6 Å². The van der Waals surface area contributed by atoms with Gasteiger partial charge in [-0.2, -0.15) is 0 Å². The van der Waals surface area contributed by atoms with Crippen molar-refractivity contribution in [2.45, 2.75) is 6.92 Å². The zero-order valence-corrected chi connectivity index (χ0v) is 11.8. The molecule has 0 aromatic carbocycles. The minimum absolute atomic E-state index is 0.264. The van der Waals surface area contributed by atoms with Gasteiger partial charge in [-0.25, -0.2) is 9.97 Å². The number of nitrogens with zero attached hydrogens (tertiary/aromatic N) is 2. The Morgan fingerprint density at radius 1 is 1.33 bits per heavy atom. The number of hydrogen-bond acceptors (Lipinski definition) is 3. The average Bonchev–Trinajstić information content (AvgIpc) is 2.34. The molecule has 18 heavy (non-hydrogen) atoms. The molecule has 0 saturated carbocycles. The molecule has 2 aromatic heterocycles. The number of pyridine rings is 2. The lowest BCUT2D eigenvalue weighted by Gasteiger charge is -2.08. The average molecular weight is 327 g/mol. The van der Waals surface area contributed by atoms with E-state index in [1.165, 1.54) is 0 Å². The summed E-state index contributed by atoms with van der Waals surface area (Å²) in [7, 11) is 0. The maximum absolute atomic E-state index is 12.0. The van der Waals surface area contributed by atoms with Crippen LogP contribution in [-0.4, -0.2) is 15.9 Å². The second-order valence-corrected chi connectivity index (χ2v) is 4.88. The first-order valence-electron chi connectivity index (χ1n) is 5.12. The molecular weight excluding hydrogens is 318 g/mol. The topological polar surface area (TPSA) is 54.9 Å². The zero-order chi connectivity index (χ0) is 13.1. The number of aromatic nitrogens is 2. The number of carbonyl (C=O) groups excluding carboxylic acids is 1. The number of amides is 1. The standard InChI is InChI=1S/C12H9BrClN3O/c1-7-4-5-15-11(14)10(7)17-12(18)9-3-2-8(13)6-16-9/h2-6H,1H3,(H,17,18). The molecule has 2 heterocycles. The molecule has 0 fully saturated rings. The minimum atomic E-state index is -0.319. The third kappa shape index (κ3) is 2.86. The molecule has 92 valence electrons. The Labute approximate surface area is 118 Å². The van der Waals surface area contributed by atoms with Crippen LogP contribution < -0.4 is 5.32 Å². The smallest absolute Gasteiger partial charge is 0.274 e. The van der Waals surface area contributed by atoms with Crippen LogP contribution in [0.2, 0.25) is 5.15 Å². The van der Waals surface area contributed by atoms with Crippen LogP contribution in [0.4, 0.5) is 5.69 Å². The summed E-state index contributed by atoms with van der Waals surface area (Å²) in [6.45, 7) is 1.85. The van der Waals surface area contributed by atoms with E-state index in [4.69, 9.17) is 11.6 Å². The fourth-order valence-electron chi connectivity index (χ4n) is 1.36. The first-order valence-corrected chi connectivity index (χ1v) is 6.29. The fourth-order valence-corrected chi connectivity index (χ4v) is 1.85. The maximum atomic E-state index is 12.0. The van der Waals surface area contributed by atoms with Crippen LogP contribution in [0.15, 0.2) is 35.1 Å². The summed E-state index contributed by atoms with van der Waals surface area (Å²) in [5.74, 6) is -0.319. The van der Waals surface area contributed by atoms with Gasteiger partial charge in [0.2, 0.25) is 0 Å². The molecule has 1 amide bonds. The Hall–Kier alpha value is -1.46. The molecule has 0 saturated heterocycles. The predicted octanol–water partition coefficient (Wildman–Crippen LogP) is 3.45. The lowest BCUT2D eigenvalue weighted by molar-refractivity contribution is 0.102. The third-order valence-corrected chi connectivity index (χ3v) is 3.07. The van der Waals surface area contributed by atoms with Gasteiger partial charge in [0.25, 0.3) is 5.91 Å². The van der Waals surface area contributed by atoms with Crippen LogP contribution in [0, 0.1) is 6.92 Å². The van der Waals surface area contributed by atoms with Crippen LogP contribution in [0.25, 0.3) is 0 Å². The van der Waals surface area contributed by atoms with E-state index in [0.29, 0.717) is 11.4 Å². The Bertz CT molecular complexity index is 566. The van der Waals surface area contributed by atoms with Crippen molar-refractivity contribution in [2.75, 3.05) is 5.32 Å². The highest BCUT2D eigenvalue weighted by molar-refractivity contribution is 9.10. The molecule has 0 aliphatic carbocycles. The van der Waals surface area contributed by atoms with E-state index in [0.717, 1.165) is 10.0 Å². The maximum Gasteiger partial charge on any atom is 0.274 e. The summed E-state index contributed by atoms with van der Waals surface area (Å²) >= 11 is 9.19. The zero-order valence-electron chi connectivity index (χ0n) is 9.45. The van der Waals surface area contributed by atoms with Crippen molar-refractivity contribution in [3.8, 4) is 0 Å². The van der Waals surface area contributed by atoms with Gasteiger partial charge >= 0.3 is 0 Å². The van der Waals surface area contributed by atoms with Crippen LogP contribution >= 0.6 is 27.5 Å². The normalized spacial score (nSPS) is 10.2. The highest BCUT2D eigenvalue weighted by Crippen LogP contribution is 2.23. The van der Waals surface area contributed by atoms with Gasteiger partial charge < -0.3 is 5.32 Å². The molecule has 6 heteroatoms. The predicted molar refractivity (Wildman–Crippen MR) is 73.9 cm³/mol. The summed E-state index contributed by atoms with van der Waals surface area (Å²) in [6.07, 6.45) is 3.15. The first-order chi connectivity index (χ1) is 8.58. The van der Waals surface area contributed by atoms with Crippen molar-refractivity contribution < 1.29 is 4.79 Å². The number of hydrogen-bond donors (Lipinski definition) is 1. The van der Waals surface area contributed by atoms with Crippen LogP contribution in [-0.2, 0) is 0 Å². The minimum Gasteiger partial charge on any atom is -0.318 e. The molecule has 0 spiro atoms. The van der Waals surface area contributed by atoms with Crippen LogP contribution in [0.3, 0.4) is 0 Å². The van der Waals surface area contributed by atoms with Crippen molar-refractivity contribution in [2.24, 2.45) is 0 Å². The van der Waals surface area contributed by atoms with E-state index < -0.39 is 0 Å². The SMILES string of the molecule is Cc1ccnc(Cl)c1NC(=O)c1ccc(Br)cn1. The lowest BCUT2D eigenvalue weighted by Crippen LogP contribution is -2.14. The number of halogens is 2.